The third kappa shape index (κ3) is 1.23. The summed E-state index contributed by atoms with van der Waals surface area (Å²) in [5.74, 6) is -2.23. The summed E-state index contributed by atoms with van der Waals surface area (Å²) in [6.07, 6.45) is -1.13. The van der Waals surface area contributed by atoms with Gasteiger partial charge in [0.25, 0.3) is 6.42 Å². The van der Waals surface area contributed by atoms with Crippen molar-refractivity contribution < 1.29 is 13.2 Å². The molecule has 0 fully saturated rings. The highest BCUT2D eigenvalue weighted by Crippen LogP contribution is 2.30. The Hall–Kier alpha value is -0.870. The van der Waals surface area contributed by atoms with Crippen LogP contribution in [0.5, 0.6) is 0 Å². The van der Waals surface area contributed by atoms with Crippen molar-refractivity contribution in [2.45, 2.75) is 19.8 Å². The van der Waals surface area contributed by atoms with Gasteiger partial charge in [-0.25, -0.2) is 0 Å². The SMILES string of the molecule is CCCN1C(F)=C(F)N(C)C1F. The van der Waals surface area contributed by atoms with Crippen LogP contribution in [0.3, 0.4) is 0 Å². The van der Waals surface area contributed by atoms with Gasteiger partial charge in [0.15, 0.2) is 0 Å². The molecular weight excluding hydrogens is 169 g/mol. The maximum atomic E-state index is 13.0. The van der Waals surface area contributed by atoms with E-state index in [1.54, 1.807) is 6.92 Å². The summed E-state index contributed by atoms with van der Waals surface area (Å²) in [6, 6.07) is 0. The Balaban J connectivity index is 2.76. The Morgan fingerprint density at radius 3 is 2.25 bits per heavy atom. The maximum absolute atomic E-state index is 13.0. The van der Waals surface area contributed by atoms with Crippen LogP contribution >= 0.6 is 0 Å². The lowest BCUT2D eigenvalue weighted by atomic mass is 10.4. The first kappa shape index (κ1) is 9.22. The fraction of sp³-hybridized carbons (Fsp3) is 0.714. The van der Waals surface area contributed by atoms with Gasteiger partial charge in [0.05, 0.1) is 0 Å². The lowest BCUT2D eigenvalue weighted by molar-refractivity contribution is 0.0178. The van der Waals surface area contributed by atoms with Crippen LogP contribution in [0.15, 0.2) is 11.9 Å². The number of hydrogen-bond acceptors (Lipinski definition) is 2. The fourth-order valence-electron chi connectivity index (χ4n) is 1.11. The van der Waals surface area contributed by atoms with Gasteiger partial charge >= 0.3 is 0 Å². The van der Waals surface area contributed by atoms with Crippen LogP contribution < -0.4 is 0 Å². The Morgan fingerprint density at radius 1 is 1.33 bits per heavy atom. The molecule has 0 spiro atoms. The van der Waals surface area contributed by atoms with Crippen LogP contribution in [-0.4, -0.2) is 29.8 Å². The number of nitrogens with zero attached hydrogens (tertiary/aromatic N) is 2. The first-order chi connectivity index (χ1) is 5.59. The lowest BCUT2D eigenvalue weighted by Crippen LogP contribution is -2.34. The number of halogens is 3. The molecule has 0 aromatic carbocycles. The molecule has 0 saturated heterocycles. The lowest BCUT2D eigenvalue weighted by Gasteiger charge is -2.22. The van der Waals surface area contributed by atoms with E-state index >= 15 is 0 Å². The van der Waals surface area contributed by atoms with E-state index in [1.807, 2.05) is 0 Å². The molecule has 1 aliphatic heterocycles. The summed E-state index contributed by atoms with van der Waals surface area (Å²) in [7, 11) is 1.18. The standard InChI is InChI=1S/C7H11F3N2/c1-3-4-12-6(9)5(8)11(2)7(12)10/h7H,3-4H2,1-2H3. The molecule has 5 heteroatoms. The van der Waals surface area contributed by atoms with E-state index in [0.29, 0.717) is 11.3 Å². The largest absolute Gasteiger partial charge is 0.301 e. The zero-order valence-electron chi connectivity index (χ0n) is 7.02. The third-order valence-corrected chi connectivity index (χ3v) is 1.77. The second-order valence-electron chi connectivity index (χ2n) is 2.70. The highest BCUT2D eigenvalue weighted by molar-refractivity contribution is 5.05. The molecule has 0 amide bonds. The molecule has 0 bridgehead atoms. The van der Waals surface area contributed by atoms with E-state index < -0.39 is 18.3 Å². The van der Waals surface area contributed by atoms with Gasteiger partial charge in [-0.05, 0) is 6.42 Å². The maximum Gasteiger partial charge on any atom is 0.253 e. The Kier molecular flexibility index (Phi) is 2.49. The van der Waals surface area contributed by atoms with Crippen molar-refractivity contribution in [2.75, 3.05) is 13.6 Å². The van der Waals surface area contributed by atoms with E-state index in [-0.39, 0.29) is 6.54 Å². The Bertz CT molecular complexity index is 205. The van der Waals surface area contributed by atoms with Crippen molar-refractivity contribution in [3.63, 3.8) is 0 Å². The van der Waals surface area contributed by atoms with E-state index in [9.17, 15) is 13.2 Å². The summed E-state index contributed by atoms with van der Waals surface area (Å²) < 4.78 is 38.5. The van der Waals surface area contributed by atoms with E-state index in [2.05, 4.69) is 0 Å². The van der Waals surface area contributed by atoms with Gasteiger partial charge in [-0.1, -0.05) is 6.92 Å². The third-order valence-electron chi connectivity index (χ3n) is 1.77. The van der Waals surface area contributed by atoms with Crippen LogP contribution in [0, 0.1) is 0 Å². The second-order valence-corrected chi connectivity index (χ2v) is 2.70. The molecule has 1 aliphatic rings. The summed E-state index contributed by atoms with van der Waals surface area (Å²) in [6.45, 7) is 1.96. The van der Waals surface area contributed by atoms with Gasteiger partial charge in [-0.2, -0.15) is 13.2 Å². The number of hydrogen-bond donors (Lipinski definition) is 0. The van der Waals surface area contributed by atoms with Crippen molar-refractivity contribution in [3.05, 3.63) is 11.9 Å². The predicted octanol–water partition coefficient (Wildman–Crippen LogP) is 1.96. The van der Waals surface area contributed by atoms with Gasteiger partial charge in [-0.15, -0.1) is 0 Å². The molecule has 70 valence electrons. The molecule has 0 aromatic heterocycles. The highest BCUT2D eigenvalue weighted by atomic mass is 19.2. The average Bonchev–Trinajstić information content (AvgIpc) is 2.23. The van der Waals surface area contributed by atoms with Crippen molar-refractivity contribution in [1.82, 2.24) is 9.80 Å². The first-order valence-electron chi connectivity index (χ1n) is 3.78. The zero-order valence-corrected chi connectivity index (χ0v) is 7.02. The average molecular weight is 180 g/mol. The van der Waals surface area contributed by atoms with Crippen molar-refractivity contribution in [3.8, 4) is 0 Å². The molecule has 12 heavy (non-hydrogen) atoms. The quantitative estimate of drug-likeness (QED) is 0.599. The molecule has 1 atom stereocenters. The molecule has 0 saturated carbocycles. The van der Waals surface area contributed by atoms with Gasteiger partial charge < -0.3 is 4.90 Å². The normalized spacial score (nSPS) is 24.2. The summed E-state index contributed by atoms with van der Waals surface area (Å²) in [4.78, 5) is 1.39. The fourth-order valence-corrected chi connectivity index (χ4v) is 1.11. The van der Waals surface area contributed by atoms with Gasteiger partial charge in [0.2, 0.25) is 11.9 Å². The highest BCUT2D eigenvalue weighted by Gasteiger charge is 2.36. The Morgan fingerprint density at radius 2 is 1.92 bits per heavy atom. The zero-order chi connectivity index (χ0) is 9.30. The second kappa shape index (κ2) is 3.25. The van der Waals surface area contributed by atoms with Crippen molar-refractivity contribution in [2.24, 2.45) is 0 Å². The van der Waals surface area contributed by atoms with E-state index in [1.165, 1.54) is 7.05 Å². The topological polar surface area (TPSA) is 6.48 Å². The monoisotopic (exact) mass is 180 g/mol. The molecule has 0 radical (unpaired) electrons. The molecule has 1 unspecified atom stereocenters. The molecule has 1 heterocycles. The minimum atomic E-state index is -1.70. The van der Waals surface area contributed by atoms with Crippen LogP contribution in [0.25, 0.3) is 0 Å². The summed E-state index contributed by atoms with van der Waals surface area (Å²) in [5.41, 5.74) is 0. The van der Waals surface area contributed by atoms with Gasteiger partial charge in [0.1, 0.15) is 0 Å². The molecule has 0 aromatic rings. The van der Waals surface area contributed by atoms with E-state index in [4.69, 9.17) is 0 Å². The van der Waals surface area contributed by atoms with Crippen molar-refractivity contribution >= 4 is 0 Å². The molecule has 2 nitrogen and oxygen atoms in total. The van der Waals surface area contributed by atoms with Gasteiger partial charge in [0, 0.05) is 13.6 Å². The van der Waals surface area contributed by atoms with Crippen LogP contribution in [0.2, 0.25) is 0 Å². The summed E-state index contributed by atoms with van der Waals surface area (Å²) >= 11 is 0. The van der Waals surface area contributed by atoms with Crippen LogP contribution in [0.1, 0.15) is 13.3 Å². The minimum Gasteiger partial charge on any atom is -0.301 e. The Labute approximate surface area is 69.2 Å². The van der Waals surface area contributed by atoms with Gasteiger partial charge in [-0.3, -0.25) is 4.90 Å². The van der Waals surface area contributed by atoms with E-state index in [0.717, 1.165) is 4.90 Å². The van der Waals surface area contributed by atoms with Crippen molar-refractivity contribution in [1.29, 1.82) is 0 Å². The number of alkyl halides is 1. The molecule has 0 N–H and O–H groups in total. The molecule has 0 aliphatic carbocycles. The number of rotatable bonds is 2. The predicted molar refractivity (Wildman–Crippen MR) is 38.9 cm³/mol. The summed E-state index contributed by atoms with van der Waals surface area (Å²) in [5, 5.41) is 0. The smallest absolute Gasteiger partial charge is 0.253 e. The van der Waals surface area contributed by atoms with Crippen LogP contribution in [-0.2, 0) is 0 Å². The molecular formula is C7H11F3N2. The minimum absolute atomic E-state index is 0.185. The molecule has 1 rings (SSSR count). The van der Waals surface area contributed by atoms with Crippen LogP contribution in [0.4, 0.5) is 13.2 Å². The first-order valence-corrected chi connectivity index (χ1v) is 3.78.